The number of aryl methyl sites for hydroxylation is 1. The van der Waals surface area contributed by atoms with E-state index in [0.29, 0.717) is 17.2 Å². The second kappa shape index (κ2) is 8.85. The van der Waals surface area contributed by atoms with Gasteiger partial charge in [-0.25, -0.2) is 13.9 Å². The van der Waals surface area contributed by atoms with Gasteiger partial charge < -0.3 is 9.47 Å². The SMILES string of the molecule is COC(CN(c1ccc(Oc2ccc(C)cc2)cc1)S(C)(=O)=O)C(=O)NO. The fraction of sp³-hybridized carbons (Fsp3) is 0.278. The third kappa shape index (κ3) is 5.68. The fourth-order valence-corrected chi connectivity index (χ4v) is 3.25. The van der Waals surface area contributed by atoms with Gasteiger partial charge in [-0.2, -0.15) is 0 Å². The fourth-order valence-electron chi connectivity index (χ4n) is 2.34. The maximum Gasteiger partial charge on any atom is 0.274 e. The van der Waals surface area contributed by atoms with Gasteiger partial charge in [0.15, 0.2) is 6.10 Å². The Labute approximate surface area is 158 Å². The minimum absolute atomic E-state index is 0.292. The number of nitrogens with zero attached hydrogens (tertiary/aromatic N) is 1. The van der Waals surface area contributed by atoms with Gasteiger partial charge in [0.2, 0.25) is 10.0 Å². The van der Waals surface area contributed by atoms with Crippen LogP contribution in [0.3, 0.4) is 0 Å². The molecule has 0 saturated carbocycles. The lowest BCUT2D eigenvalue weighted by Gasteiger charge is -2.26. The van der Waals surface area contributed by atoms with E-state index in [0.717, 1.165) is 16.1 Å². The average molecular weight is 394 g/mol. The second-order valence-electron chi connectivity index (χ2n) is 5.90. The van der Waals surface area contributed by atoms with Crippen molar-refractivity contribution in [2.75, 3.05) is 24.2 Å². The summed E-state index contributed by atoms with van der Waals surface area (Å²) in [5, 5.41) is 8.75. The number of sulfonamides is 1. The summed E-state index contributed by atoms with van der Waals surface area (Å²) in [5.74, 6) is 0.352. The summed E-state index contributed by atoms with van der Waals surface area (Å²) >= 11 is 0. The lowest BCUT2D eigenvalue weighted by atomic mass is 10.2. The first-order chi connectivity index (χ1) is 12.7. The van der Waals surface area contributed by atoms with Crippen molar-refractivity contribution in [3.05, 3.63) is 54.1 Å². The van der Waals surface area contributed by atoms with Gasteiger partial charge in [0.05, 0.1) is 18.5 Å². The lowest BCUT2D eigenvalue weighted by Crippen LogP contribution is -2.45. The van der Waals surface area contributed by atoms with Crippen LogP contribution in [-0.4, -0.2) is 45.5 Å². The Morgan fingerprint density at radius 1 is 1.11 bits per heavy atom. The van der Waals surface area contributed by atoms with Gasteiger partial charge in [-0.3, -0.25) is 14.3 Å². The Morgan fingerprint density at radius 2 is 1.63 bits per heavy atom. The third-order valence-corrected chi connectivity index (χ3v) is 4.96. The summed E-state index contributed by atoms with van der Waals surface area (Å²) in [5.41, 5.74) is 2.91. The Balaban J connectivity index is 2.21. The number of hydrogen-bond acceptors (Lipinski definition) is 6. The number of carbonyl (C=O) groups is 1. The molecule has 27 heavy (non-hydrogen) atoms. The summed E-state index contributed by atoms with van der Waals surface area (Å²) < 4.78 is 36.0. The van der Waals surface area contributed by atoms with Gasteiger partial charge in [-0.1, -0.05) is 17.7 Å². The number of nitrogens with one attached hydrogen (secondary N) is 1. The van der Waals surface area contributed by atoms with E-state index in [9.17, 15) is 13.2 Å². The molecular weight excluding hydrogens is 372 g/mol. The molecule has 0 spiro atoms. The Bertz CT molecular complexity index is 866. The van der Waals surface area contributed by atoms with E-state index in [1.165, 1.54) is 12.6 Å². The molecule has 0 aliphatic rings. The van der Waals surface area contributed by atoms with Crippen LogP contribution >= 0.6 is 0 Å². The highest BCUT2D eigenvalue weighted by Crippen LogP contribution is 2.26. The van der Waals surface area contributed by atoms with Gasteiger partial charge >= 0.3 is 0 Å². The molecule has 1 amide bonds. The molecule has 0 bridgehead atoms. The first-order valence-electron chi connectivity index (χ1n) is 8.03. The number of anilines is 1. The number of carbonyl (C=O) groups excluding carboxylic acids is 1. The Hall–Kier alpha value is -2.62. The Morgan fingerprint density at radius 3 is 2.07 bits per heavy atom. The molecule has 8 nitrogen and oxygen atoms in total. The van der Waals surface area contributed by atoms with Gasteiger partial charge in [-0.15, -0.1) is 0 Å². The highest BCUT2D eigenvalue weighted by Gasteiger charge is 2.26. The van der Waals surface area contributed by atoms with Crippen molar-refractivity contribution in [3.63, 3.8) is 0 Å². The molecule has 0 aliphatic heterocycles. The molecule has 146 valence electrons. The van der Waals surface area contributed by atoms with Crippen LogP contribution in [0, 0.1) is 6.92 Å². The zero-order valence-electron chi connectivity index (χ0n) is 15.2. The van der Waals surface area contributed by atoms with Crippen LogP contribution < -0.4 is 14.5 Å². The number of hydroxylamine groups is 1. The number of methoxy groups -OCH3 is 1. The Kier molecular flexibility index (Phi) is 6.78. The van der Waals surface area contributed by atoms with Gasteiger partial charge in [-0.05, 0) is 43.3 Å². The van der Waals surface area contributed by atoms with Gasteiger partial charge in [0, 0.05) is 7.11 Å². The van der Waals surface area contributed by atoms with Crippen molar-refractivity contribution >= 4 is 21.6 Å². The molecule has 2 N–H and O–H groups in total. The van der Waals surface area contributed by atoms with E-state index in [1.807, 2.05) is 31.2 Å². The molecule has 2 aromatic rings. The number of amides is 1. The van der Waals surface area contributed by atoms with E-state index in [1.54, 1.807) is 24.3 Å². The summed E-state index contributed by atoms with van der Waals surface area (Å²) in [6, 6.07) is 13.9. The molecular formula is C18H22N2O6S. The number of benzene rings is 2. The predicted octanol–water partition coefficient (Wildman–Crippen LogP) is 2.07. The minimum Gasteiger partial charge on any atom is -0.457 e. The molecule has 1 atom stereocenters. The zero-order chi connectivity index (χ0) is 20.0. The molecule has 0 aliphatic carbocycles. The van der Waals surface area contributed by atoms with Crippen molar-refractivity contribution in [2.24, 2.45) is 0 Å². The molecule has 0 saturated heterocycles. The number of ether oxygens (including phenoxy) is 2. The summed E-state index contributed by atoms with van der Waals surface area (Å²) in [6.45, 7) is 1.68. The van der Waals surface area contributed by atoms with Crippen LogP contribution in [0.4, 0.5) is 5.69 Å². The van der Waals surface area contributed by atoms with Crippen LogP contribution in [0.15, 0.2) is 48.5 Å². The quantitative estimate of drug-likeness (QED) is 0.525. The van der Waals surface area contributed by atoms with Crippen molar-refractivity contribution in [1.29, 1.82) is 0 Å². The smallest absolute Gasteiger partial charge is 0.274 e. The molecule has 2 rings (SSSR count). The largest absolute Gasteiger partial charge is 0.457 e. The molecule has 0 heterocycles. The number of hydrogen-bond donors (Lipinski definition) is 2. The van der Waals surface area contributed by atoms with E-state index in [4.69, 9.17) is 14.7 Å². The first kappa shape index (κ1) is 20.7. The highest BCUT2D eigenvalue weighted by atomic mass is 32.2. The van der Waals surface area contributed by atoms with Crippen LogP contribution in [0.25, 0.3) is 0 Å². The van der Waals surface area contributed by atoms with Gasteiger partial charge in [0.25, 0.3) is 5.91 Å². The van der Waals surface area contributed by atoms with E-state index in [-0.39, 0.29) is 6.54 Å². The highest BCUT2D eigenvalue weighted by molar-refractivity contribution is 7.92. The van der Waals surface area contributed by atoms with Crippen LogP contribution in [0.5, 0.6) is 11.5 Å². The molecule has 2 aromatic carbocycles. The lowest BCUT2D eigenvalue weighted by molar-refractivity contribution is -0.138. The van der Waals surface area contributed by atoms with Crippen LogP contribution in [0.2, 0.25) is 0 Å². The summed E-state index contributed by atoms with van der Waals surface area (Å²) in [4.78, 5) is 11.6. The van der Waals surface area contributed by atoms with Crippen molar-refractivity contribution in [1.82, 2.24) is 5.48 Å². The molecule has 9 heteroatoms. The molecule has 0 aromatic heterocycles. The first-order valence-corrected chi connectivity index (χ1v) is 9.88. The molecule has 0 fully saturated rings. The minimum atomic E-state index is -3.69. The number of rotatable bonds is 8. The predicted molar refractivity (Wildman–Crippen MR) is 101 cm³/mol. The summed E-state index contributed by atoms with van der Waals surface area (Å²) in [7, 11) is -2.44. The summed E-state index contributed by atoms with van der Waals surface area (Å²) in [6.07, 6.45) is -0.152. The van der Waals surface area contributed by atoms with Crippen molar-refractivity contribution in [2.45, 2.75) is 13.0 Å². The van der Waals surface area contributed by atoms with Gasteiger partial charge in [0.1, 0.15) is 11.5 Å². The normalized spacial score (nSPS) is 12.3. The van der Waals surface area contributed by atoms with Crippen molar-refractivity contribution in [3.8, 4) is 11.5 Å². The van der Waals surface area contributed by atoms with E-state index in [2.05, 4.69) is 0 Å². The molecule has 0 radical (unpaired) electrons. The van der Waals surface area contributed by atoms with Crippen molar-refractivity contribution < 1.29 is 27.9 Å². The maximum absolute atomic E-state index is 12.1. The monoisotopic (exact) mass is 394 g/mol. The topological polar surface area (TPSA) is 105 Å². The second-order valence-corrected chi connectivity index (χ2v) is 7.81. The standard InChI is InChI=1S/C18H22N2O6S/c1-13-4-8-15(9-5-13)26-16-10-6-14(7-11-16)20(27(3,23)24)12-17(25-2)18(21)19-22/h4-11,17,22H,12H2,1-3H3,(H,19,21). The zero-order valence-corrected chi connectivity index (χ0v) is 16.1. The van der Waals surface area contributed by atoms with E-state index < -0.39 is 22.0 Å². The average Bonchev–Trinajstić information content (AvgIpc) is 2.64. The third-order valence-electron chi connectivity index (χ3n) is 3.80. The maximum atomic E-state index is 12.1. The van der Waals surface area contributed by atoms with Crippen LogP contribution in [-0.2, 0) is 19.6 Å². The van der Waals surface area contributed by atoms with Crippen LogP contribution in [0.1, 0.15) is 5.56 Å². The molecule has 1 unspecified atom stereocenters. The van der Waals surface area contributed by atoms with E-state index >= 15 is 0 Å².